The second-order valence-electron chi connectivity index (χ2n) is 16.3. The molecule has 0 radical (unpaired) electrons. The molecule has 0 spiro atoms. The van der Waals surface area contributed by atoms with Gasteiger partial charge in [-0.1, -0.05) is 119 Å². The number of aryl methyl sites for hydroxylation is 8. The molecule has 7 aromatic rings. The zero-order valence-corrected chi connectivity index (χ0v) is 34.1. The van der Waals surface area contributed by atoms with Crippen molar-refractivity contribution < 1.29 is 17.9 Å². The molecule has 0 amide bonds. The summed E-state index contributed by atoms with van der Waals surface area (Å²) in [6.45, 7) is 16.3. The predicted octanol–water partition coefficient (Wildman–Crippen LogP) is 12.5. The number of hydrogen-bond donors (Lipinski definition) is 0. The van der Waals surface area contributed by atoms with Crippen LogP contribution < -0.4 is 30.9 Å². The molecule has 9 rings (SSSR count). The van der Waals surface area contributed by atoms with Crippen LogP contribution in [-0.4, -0.2) is 13.1 Å². The first-order chi connectivity index (χ1) is 27.6. The molecular formula is C51H44BF3N2O. The highest BCUT2D eigenvalue weighted by molar-refractivity contribution is 7.00. The average molecular weight is 769 g/mol. The molecule has 0 atom stereocenters. The molecule has 0 fully saturated rings. The number of benzene rings is 7. The van der Waals surface area contributed by atoms with Crippen molar-refractivity contribution in [2.75, 3.05) is 9.80 Å². The van der Waals surface area contributed by atoms with Crippen LogP contribution in [-0.2, 0) is 0 Å². The first-order valence-corrected chi connectivity index (χ1v) is 19.8. The minimum Gasteiger partial charge on any atom is -0.406 e. The third-order valence-electron chi connectivity index (χ3n) is 11.8. The molecule has 0 N–H and O–H groups in total. The van der Waals surface area contributed by atoms with E-state index in [4.69, 9.17) is 4.74 Å². The van der Waals surface area contributed by atoms with Gasteiger partial charge in [-0.05, 0) is 128 Å². The van der Waals surface area contributed by atoms with E-state index in [9.17, 15) is 13.2 Å². The van der Waals surface area contributed by atoms with Gasteiger partial charge < -0.3 is 14.5 Å². The summed E-state index contributed by atoms with van der Waals surface area (Å²) in [4.78, 5) is 4.36. The van der Waals surface area contributed by atoms with Gasteiger partial charge in [-0.3, -0.25) is 0 Å². The van der Waals surface area contributed by atoms with E-state index >= 15 is 0 Å². The molecule has 7 heteroatoms. The van der Waals surface area contributed by atoms with Crippen molar-refractivity contribution in [1.82, 2.24) is 0 Å². The van der Waals surface area contributed by atoms with E-state index in [1.54, 1.807) is 12.1 Å². The summed E-state index contributed by atoms with van der Waals surface area (Å²) in [6.07, 6.45) is -4.90. The predicted molar refractivity (Wildman–Crippen MR) is 236 cm³/mol. The molecule has 0 unspecified atom stereocenters. The molecule has 0 bridgehead atoms. The number of fused-ring (bicyclic) bond motifs is 4. The highest BCUT2D eigenvalue weighted by Gasteiger charge is 2.45. The van der Waals surface area contributed by atoms with E-state index < -0.39 is 6.36 Å². The van der Waals surface area contributed by atoms with Crippen molar-refractivity contribution in [3.05, 3.63) is 166 Å². The van der Waals surface area contributed by atoms with Gasteiger partial charge >= 0.3 is 6.36 Å². The van der Waals surface area contributed by atoms with Crippen LogP contribution in [0.2, 0.25) is 0 Å². The van der Waals surface area contributed by atoms with Crippen molar-refractivity contribution in [2.45, 2.75) is 61.8 Å². The molecule has 2 aliphatic rings. The molecule has 288 valence electrons. The Hall–Kier alpha value is -6.21. The molecule has 0 saturated carbocycles. The number of hydrogen-bond acceptors (Lipinski definition) is 3. The summed E-state index contributed by atoms with van der Waals surface area (Å²) >= 11 is 0. The van der Waals surface area contributed by atoms with Gasteiger partial charge in [0.2, 0.25) is 0 Å². The molecule has 2 heterocycles. The van der Waals surface area contributed by atoms with Crippen LogP contribution >= 0.6 is 0 Å². The smallest absolute Gasteiger partial charge is 0.406 e. The maximum absolute atomic E-state index is 14.4. The molecule has 0 saturated heterocycles. The van der Waals surface area contributed by atoms with Gasteiger partial charge in [0.05, 0.1) is 11.4 Å². The summed E-state index contributed by atoms with van der Waals surface area (Å²) in [5.74, 6) is -0.265. The van der Waals surface area contributed by atoms with Crippen LogP contribution in [0.4, 0.5) is 47.3 Å². The standard InChI is InChI=1S/C51H44BF3N2O/c1-29-9-13-37(14-10-29)39-17-19-44-42(25-39)52-43-26-40(38-15-11-30(2)12-16-38)18-20-45(43)57(50-35(7)23-32(4)24-36(50)8)47-28-41(58-51(53,54)55)27-46(48(47)52)56(44)49-33(5)21-31(3)22-34(49)6/h9-28H,1-8H3. The number of rotatable bonds is 5. The number of alkyl halides is 3. The lowest BCUT2D eigenvalue weighted by Crippen LogP contribution is -2.61. The Labute approximate surface area is 339 Å². The highest BCUT2D eigenvalue weighted by atomic mass is 19.4. The molecule has 7 aromatic carbocycles. The van der Waals surface area contributed by atoms with Gasteiger partial charge in [0, 0.05) is 34.9 Å². The van der Waals surface area contributed by atoms with Gasteiger partial charge in [0.25, 0.3) is 6.71 Å². The first kappa shape index (κ1) is 37.4. The van der Waals surface area contributed by atoms with Gasteiger partial charge in [-0.25, -0.2) is 0 Å². The summed E-state index contributed by atoms with van der Waals surface area (Å²) in [5.41, 5.74) is 21.2. The monoisotopic (exact) mass is 768 g/mol. The number of halogens is 3. The van der Waals surface area contributed by atoms with E-state index in [-0.39, 0.29) is 12.5 Å². The lowest BCUT2D eigenvalue weighted by Gasteiger charge is -2.45. The summed E-state index contributed by atoms with van der Waals surface area (Å²) in [5, 5.41) is 0. The van der Waals surface area contributed by atoms with Crippen LogP contribution in [0.25, 0.3) is 22.3 Å². The Morgan fingerprint density at radius 2 is 0.776 bits per heavy atom. The molecule has 58 heavy (non-hydrogen) atoms. The summed E-state index contributed by atoms with van der Waals surface area (Å²) in [7, 11) is 0. The Morgan fingerprint density at radius 1 is 0.414 bits per heavy atom. The zero-order chi connectivity index (χ0) is 40.8. The van der Waals surface area contributed by atoms with Gasteiger partial charge in [0.15, 0.2) is 0 Å². The number of ether oxygens (including phenoxy) is 1. The molecule has 0 aromatic heterocycles. The zero-order valence-electron chi connectivity index (χ0n) is 34.1. The Kier molecular flexibility index (Phi) is 8.84. The Morgan fingerprint density at radius 3 is 1.14 bits per heavy atom. The van der Waals surface area contributed by atoms with Crippen molar-refractivity contribution in [3.63, 3.8) is 0 Å². The van der Waals surface area contributed by atoms with Crippen LogP contribution in [0.1, 0.15) is 44.5 Å². The Bertz CT molecular complexity index is 2560. The minimum absolute atomic E-state index is 0.265. The number of nitrogens with zero attached hydrogens (tertiary/aromatic N) is 2. The van der Waals surface area contributed by atoms with E-state index in [2.05, 4.69) is 174 Å². The van der Waals surface area contributed by atoms with Crippen molar-refractivity contribution in [1.29, 1.82) is 0 Å². The first-order valence-electron chi connectivity index (χ1n) is 19.8. The topological polar surface area (TPSA) is 15.7 Å². The maximum atomic E-state index is 14.4. The number of anilines is 6. The lowest BCUT2D eigenvalue weighted by atomic mass is 9.33. The van der Waals surface area contributed by atoms with E-state index in [0.717, 1.165) is 94.8 Å². The average Bonchev–Trinajstić information content (AvgIpc) is 3.15. The fraction of sp³-hybridized carbons (Fsp3) is 0.176. The van der Waals surface area contributed by atoms with Crippen LogP contribution in [0.5, 0.6) is 5.75 Å². The van der Waals surface area contributed by atoms with Crippen LogP contribution in [0, 0.1) is 55.4 Å². The van der Waals surface area contributed by atoms with E-state index in [1.165, 1.54) is 11.1 Å². The third kappa shape index (κ3) is 6.34. The second kappa shape index (κ2) is 13.7. The van der Waals surface area contributed by atoms with Crippen molar-refractivity contribution >= 4 is 57.2 Å². The largest absolute Gasteiger partial charge is 0.573 e. The lowest BCUT2D eigenvalue weighted by molar-refractivity contribution is -0.274. The summed E-state index contributed by atoms with van der Waals surface area (Å²) < 4.78 is 48.0. The highest BCUT2D eigenvalue weighted by Crippen LogP contribution is 2.49. The quantitative estimate of drug-likeness (QED) is 0.162. The fourth-order valence-corrected chi connectivity index (χ4v) is 9.56. The third-order valence-corrected chi connectivity index (χ3v) is 11.8. The second-order valence-corrected chi connectivity index (χ2v) is 16.3. The molecule has 3 nitrogen and oxygen atoms in total. The molecule has 2 aliphatic heterocycles. The van der Waals surface area contributed by atoms with Crippen molar-refractivity contribution in [2.24, 2.45) is 0 Å². The summed E-state index contributed by atoms with van der Waals surface area (Å²) in [6, 6.07) is 42.0. The maximum Gasteiger partial charge on any atom is 0.573 e. The van der Waals surface area contributed by atoms with Crippen molar-refractivity contribution in [3.8, 4) is 28.0 Å². The van der Waals surface area contributed by atoms with Crippen LogP contribution in [0.15, 0.2) is 121 Å². The van der Waals surface area contributed by atoms with Gasteiger partial charge in [0.1, 0.15) is 5.75 Å². The van der Waals surface area contributed by atoms with Gasteiger partial charge in [-0.15, -0.1) is 13.2 Å². The fourth-order valence-electron chi connectivity index (χ4n) is 9.56. The molecule has 0 aliphatic carbocycles. The van der Waals surface area contributed by atoms with E-state index in [0.29, 0.717) is 11.4 Å². The van der Waals surface area contributed by atoms with Crippen LogP contribution in [0.3, 0.4) is 0 Å². The SMILES string of the molecule is Cc1ccc(-c2ccc3c(c2)B2c4cc(-c5ccc(C)cc5)ccc4N(c4c(C)cc(C)cc4C)c4cc(OC(F)(F)F)cc(c42)N3c2c(C)cc(C)cc2C)cc1. The van der Waals surface area contributed by atoms with Gasteiger partial charge in [-0.2, -0.15) is 0 Å². The molecular weight excluding hydrogens is 724 g/mol. The minimum atomic E-state index is -4.90. The Balaban J connectivity index is 1.43. The van der Waals surface area contributed by atoms with E-state index in [1.807, 2.05) is 0 Å². The normalized spacial score (nSPS) is 13.0.